The number of aryl methyl sites for hydroxylation is 1. The van der Waals surface area contributed by atoms with E-state index in [4.69, 9.17) is 4.74 Å². The molecule has 1 amide bonds. The van der Waals surface area contributed by atoms with E-state index in [1.807, 2.05) is 19.1 Å². The molecular weight excluding hydrogens is 306 g/mol. The average molecular weight is 321 g/mol. The van der Waals surface area contributed by atoms with Gasteiger partial charge in [-0.05, 0) is 42.8 Å². The van der Waals surface area contributed by atoms with Crippen LogP contribution in [0.4, 0.5) is 5.69 Å². The van der Waals surface area contributed by atoms with Crippen LogP contribution in [0.2, 0.25) is 0 Å². The fourth-order valence-electron chi connectivity index (χ4n) is 2.83. The predicted molar refractivity (Wildman–Crippen MR) is 90.7 cm³/mol. The Morgan fingerprint density at radius 3 is 3.04 bits per heavy atom. The Morgan fingerprint density at radius 2 is 2.17 bits per heavy atom. The second-order valence-corrected chi connectivity index (χ2v) is 5.76. The Kier molecular flexibility index (Phi) is 3.30. The normalized spacial score (nSPS) is 12.7. The smallest absolute Gasteiger partial charge is 0.261 e. The van der Waals surface area contributed by atoms with Crippen LogP contribution in [0.3, 0.4) is 0 Å². The number of hydrogen-bond acceptors (Lipinski definition) is 4. The standard InChI is InChI=1S/C18H15N3O3/c1-10-2-4-13-16(22)14(9-19-17(13)20-10)18(23)21-12-3-5-15-11(8-12)6-7-24-15/h2-5,8-9H,6-7H2,1H3,(H,21,23)(H,19,20,22). The number of aromatic nitrogens is 2. The van der Waals surface area contributed by atoms with Gasteiger partial charge in [0.15, 0.2) is 0 Å². The fourth-order valence-corrected chi connectivity index (χ4v) is 2.83. The number of H-pyrrole nitrogens is 1. The summed E-state index contributed by atoms with van der Waals surface area (Å²) in [6, 6.07) is 8.90. The minimum Gasteiger partial charge on any atom is -0.493 e. The molecule has 3 heterocycles. The molecule has 0 fully saturated rings. The van der Waals surface area contributed by atoms with E-state index in [-0.39, 0.29) is 11.0 Å². The van der Waals surface area contributed by atoms with Gasteiger partial charge in [0.2, 0.25) is 5.43 Å². The van der Waals surface area contributed by atoms with Crippen LogP contribution in [-0.2, 0) is 6.42 Å². The Balaban J connectivity index is 1.67. The van der Waals surface area contributed by atoms with Crippen molar-refractivity contribution < 1.29 is 9.53 Å². The highest BCUT2D eigenvalue weighted by atomic mass is 16.5. The number of aromatic amines is 1. The van der Waals surface area contributed by atoms with Crippen molar-refractivity contribution in [3.05, 3.63) is 63.6 Å². The summed E-state index contributed by atoms with van der Waals surface area (Å²) in [6.07, 6.45) is 2.23. The van der Waals surface area contributed by atoms with E-state index in [1.54, 1.807) is 18.2 Å². The number of rotatable bonds is 2. The lowest BCUT2D eigenvalue weighted by molar-refractivity contribution is 0.102. The molecule has 120 valence electrons. The molecule has 6 heteroatoms. The molecule has 0 bridgehead atoms. The van der Waals surface area contributed by atoms with Gasteiger partial charge in [0.05, 0.1) is 12.0 Å². The van der Waals surface area contributed by atoms with Crippen molar-refractivity contribution in [2.75, 3.05) is 11.9 Å². The molecular formula is C18H15N3O3. The predicted octanol–water partition coefficient (Wildman–Crippen LogP) is 2.42. The van der Waals surface area contributed by atoms with Crippen LogP contribution in [0.5, 0.6) is 5.75 Å². The molecule has 0 aliphatic carbocycles. The number of nitrogens with zero attached hydrogens (tertiary/aromatic N) is 1. The van der Waals surface area contributed by atoms with Crippen LogP contribution in [0.1, 0.15) is 21.6 Å². The third-order valence-corrected chi connectivity index (χ3v) is 4.07. The van der Waals surface area contributed by atoms with Crippen molar-refractivity contribution >= 4 is 22.6 Å². The molecule has 6 nitrogen and oxygen atoms in total. The van der Waals surface area contributed by atoms with E-state index in [1.165, 1.54) is 6.20 Å². The Bertz CT molecular complexity index is 1020. The molecule has 1 aliphatic rings. The lowest BCUT2D eigenvalue weighted by Crippen LogP contribution is -2.22. The summed E-state index contributed by atoms with van der Waals surface area (Å²) in [7, 11) is 0. The summed E-state index contributed by atoms with van der Waals surface area (Å²) < 4.78 is 5.45. The summed E-state index contributed by atoms with van der Waals surface area (Å²) in [6.45, 7) is 2.50. The first-order chi connectivity index (χ1) is 11.6. The van der Waals surface area contributed by atoms with Gasteiger partial charge in [-0.1, -0.05) is 0 Å². The quantitative estimate of drug-likeness (QED) is 0.759. The van der Waals surface area contributed by atoms with Gasteiger partial charge in [-0.25, -0.2) is 4.98 Å². The number of carbonyl (C=O) groups is 1. The van der Waals surface area contributed by atoms with Gasteiger partial charge in [-0.3, -0.25) is 9.59 Å². The molecule has 0 atom stereocenters. The third kappa shape index (κ3) is 2.42. The molecule has 4 rings (SSSR count). The largest absolute Gasteiger partial charge is 0.493 e. The topological polar surface area (TPSA) is 84.1 Å². The van der Waals surface area contributed by atoms with Crippen LogP contribution < -0.4 is 15.5 Å². The van der Waals surface area contributed by atoms with Gasteiger partial charge in [0.25, 0.3) is 5.91 Å². The number of anilines is 1. The molecule has 0 saturated heterocycles. The number of benzene rings is 1. The summed E-state index contributed by atoms with van der Waals surface area (Å²) in [4.78, 5) is 32.2. The first-order valence-electron chi connectivity index (χ1n) is 7.68. The average Bonchev–Trinajstić information content (AvgIpc) is 3.02. The van der Waals surface area contributed by atoms with Crippen molar-refractivity contribution in [2.45, 2.75) is 13.3 Å². The molecule has 1 aliphatic heterocycles. The number of hydrogen-bond donors (Lipinski definition) is 2. The van der Waals surface area contributed by atoms with E-state index in [2.05, 4.69) is 15.3 Å². The van der Waals surface area contributed by atoms with Crippen molar-refractivity contribution in [3.63, 3.8) is 0 Å². The second-order valence-electron chi connectivity index (χ2n) is 5.76. The maximum atomic E-state index is 12.5. The summed E-state index contributed by atoms with van der Waals surface area (Å²) in [5, 5.41) is 3.17. The van der Waals surface area contributed by atoms with Crippen LogP contribution in [0.15, 0.2) is 41.3 Å². The lowest BCUT2D eigenvalue weighted by Gasteiger charge is -2.07. The van der Waals surface area contributed by atoms with E-state index in [0.717, 1.165) is 23.4 Å². The zero-order chi connectivity index (χ0) is 16.7. The Hall–Kier alpha value is -3.15. The lowest BCUT2D eigenvalue weighted by atomic mass is 10.1. The van der Waals surface area contributed by atoms with E-state index in [9.17, 15) is 9.59 Å². The first-order valence-corrected chi connectivity index (χ1v) is 7.68. The van der Waals surface area contributed by atoms with Crippen LogP contribution in [-0.4, -0.2) is 22.5 Å². The minimum absolute atomic E-state index is 0.0601. The number of pyridine rings is 2. The zero-order valence-electron chi connectivity index (χ0n) is 13.1. The van der Waals surface area contributed by atoms with Gasteiger partial charge in [-0.2, -0.15) is 0 Å². The molecule has 2 aromatic heterocycles. The number of carbonyl (C=O) groups excluding carboxylic acids is 1. The SMILES string of the molecule is Cc1ccc2c(=O)c(C(=O)Nc3ccc4c(c3)CCO4)c[nH]c2n1. The highest BCUT2D eigenvalue weighted by Gasteiger charge is 2.16. The molecule has 1 aromatic carbocycles. The van der Waals surface area contributed by atoms with E-state index < -0.39 is 5.91 Å². The van der Waals surface area contributed by atoms with Gasteiger partial charge >= 0.3 is 0 Å². The molecule has 3 aromatic rings. The molecule has 0 saturated carbocycles. The number of nitrogens with one attached hydrogen (secondary N) is 2. The third-order valence-electron chi connectivity index (χ3n) is 4.07. The van der Waals surface area contributed by atoms with Crippen LogP contribution in [0, 0.1) is 6.92 Å². The molecule has 0 spiro atoms. The summed E-state index contributed by atoms with van der Waals surface area (Å²) in [5.74, 6) is 0.399. The van der Waals surface area contributed by atoms with Crippen molar-refractivity contribution in [1.29, 1.82) is 0 Å². The highest BCUT2D eigenvalue weighted by Crippen LogP contribution is 2.27. The van der Waals surface area contributed by atoms with Gasteiger partial charge in [0, 0.05) is 24.0 Å². The first kappa shape index (κ1) is 14.4. The monoisotopic (exact) mass is 321 g/mol. The second kappa shape index (κ2) is 5.49. The molecule has 0 radical (unpaired) electrons. The Morgan fingerprint density at radius 1 is 1.29 bits per heavy atom. The summed E-state index contributed by atoms with van der Waals surface area (Å²) >= 11 is 0. The molecule has 0 unspecified atom stereocenters. The van der Waals surface area contributed by atoms with Crippen molar-refractivity contribution in [3.8, 4) is 5.75 Å². The highest BCUT2D eigenvalue weighted by molar-refractivity contribution is 6.05. The Labute approximate surface area is 137 Å². The number of ether oxygens (including phenoxy) is 1. The summed E-state index contributed by atoms with van der Waals surface area (Å²) in [5.41, 5.74) is 2.70. The van der Waals surface area contributed by atoms with Crippen molar-refractivity contribution in [2.24, 2.45) is 0 Å². The van der Waals surface area contributed by atoms with Gasteiger partial charge in [0.1, 0.15) is 17.0 Å². The molecule has 2 N–H and O–H groups in total. The zero-order valence-corrected chi connectivity index (χ0v) is 13.1. The van der Waals surface area contributed by atoms with E-state index >= 15 is 0 Å². The fraction of sp³-hybridized carbons (Fsp3) is 0.167. The minimum atomic E-state index is -0.447. The van der Waals surface area contributed by atoms with Gasteiger partial charge < -0.3 is 15.0 Å². The van der Waals surface area contributed by atoms with Crippen molar-refractivity contribution in [1.82, 2.24) is 9.97 Å². The van der Waals surface area contributed by atoms with Crippen LogP contribution in [0.25, 0.3) is 11.0 Å². The number of amides is 1. The van der Waals surface area contributed by atoms with E-state index in [0.29, 0.717) is 23.3 Å². The molecule has 24 heavy (non-hydrogen) atoms. The maximum absolute atomic E-state index is 12.5. The maximum Gasteiger partial charge on any atom is 0.261 e. The number of fused-ring (bicyclic) bond motifs is 2. The van der Waals surface area contributed by atoms with Crippen LogP contribution >= 0.6 is 0 Å². The van der Waals surface area contributed by atoms with Gasteiger partial charge in [-0.15, -0.1) is 0 Å².